The molecule has 158 valence electrons. The molecule has 30 heavy (non-hydrogen) atoms. The van der Waals surface area contributed by atoms with Crippen LogP contribution in [0.1, 0.15) is 25.3 Å². The van der Waals surface area contributed by atoms with Crippen molar-refractivity contribution in [3.8, 4) is 0 Å². The first-order valence-corrected chi connectivity index (χ1v) is 10.2. The number of carbonyl (C=O) groups is 3. The van der Waals surface area contributed by atoms with E-state index in [2.05, 4.69) is 45.1 Å². The van der Waals surface area contributed by atoms with Gasteiger partial charge >= 0.3 is 11.8 Å². The summed E-state index contributed by atoms with van der Waals surface area (Å²) in [5, 5.41) is 7.97. The Labute approximate surface area is 176 Å². The molecule has 7 heteroatoms. The first-order valence-electron chi connectivity index (χ1n) is 10.2. The molecule has 3 N–H and O–H groups in total. The highest BCUT2D eigenvalue weighted by molar-refractivity contribution is 6.39. The minimum absolute atomic E-state index is 0.169. The third kappa shape index (κ3) is 6.70. The maximum absolute atomic E-state index is 12.1. The van der Waals surface area contributed by atoms with Gasteiger partial charge in [-0.1, -0.05) is 30.3 Å². The van der Waals surface area contributed by atoms with Crippen LogP contribution in [0.5, 0.6) is 0 Å². The van der Waals surface area contributed by atoms with E-state index in [9.17, 15) is 14.4 Å². The number of carbonyl (C=O) groups excluding carboxylic acids is 3. The summed E-state index contributed by atoms with van der Waals surface area (Å²) in [5.41, 5.74) is 2.44. The topological polar surface area (TPSA) is 90.5 Å². The fraction of sp³-hybridized carbons (Fsp3) is 0.348. The fourth-order valence-corrected chi connectivity index (χ4v) is 3.54. The van der Waals surface area contributed by atoms with Crippen molar-refractivity contribution in [1.29, 1.82) is 0 Å². The largest absolute Gasteiger partial charge is 0.348 e. The number of hydrogen-bond acceptors (Lipinski definition) is 4. The molecule has 1 fully saturated rings. The molecule has 3 amide bonds. The summed E-state index contributed by atoms with van der Waals surface area (Å²) in [6.45, 7) is 4.85. The zero-order valence-electron chi connectivity index (χ0n) is 17.2. The van der Waals surface area contributed by atoms with Crippen LogP contribution < -0.4 is 16.0 Å². The number of amides is 3. The SMILES string of the molecule is CC(=O)Nc1ccc(NC(=O)C(=O)NCC2CCN(Cc3ccccc3)CC2)cc1. The van der Waals surface area contributed by atoms with E-state index in [1.165, 1.54) is 12.5 Å². The van der Waals surface area contributed by atoms with Gasteiger partial charge in [-0.2, -0.15) is 0 Å². The maximum Gasteiger partial charge on any atom is 0.313 e. The van der Waals surface area contributed by atoms with Gasteiger partial charge in [-0.15, -0.1) is 0 Å². The molecule has 1 aliphatic rings. The molecule has 0 unspecified atom stereocenters. The summed E-state index contributed by atoms with van der Waals surface area (Å²) in [6, 6.07) is 17.0. The zero-order chi connectivity index (χ0) is 21.3. The van der Waals surface area contributed by atoms with E-state index in [-0.39, 0.29) is 5.91 Å². The molecule has 2 aromatic carbocycles. The highest BCUT2D eigenvalue weighted by atomic mass is 16.2. The van der Waals surface area contributed by atoms with Gasteiger partial charge in [0.1, 0.15) is 0 Å². The lowest BCUT2D eigenvalue weighted by Gasteiger charge is -2.32. The van der Waals surface area contributed by atoms with E-state index in [1.807, 2.05) is 6.07 Å². The Morgan fingerprint density at radius 2 is 1.47 bits per heavy atom. The molecule has 0 spiro atoms. The Bertz CT molecular complexity index is 860. The Kier molecular flexibility index (Phi) is 7.57. The smallest absolute Gasteiger partial charge is 0.313 e. The summed E-state index contributed by atoms with van der Waals surface area (Å²) in [6.07, 6.45) is 2.00. The normalized spacial score (nSPS) is 14.7. The van der Waals surface area contributed by atoms with Crippen molar-refractivity contribution < 1.29 is 14.4 Å². The second-order valence-corrected chi connectivity index (χ2v) is 7.63. The standard InChI is InChI=1S/C23H28N4O3/c1-17(28)25-20-7-9-21(10-8-20)26-23(30)22(29)24-15-18-11-13-27(14-12-18)16-19-5-3-2-4-6-19/h2-10,18H,11-16H2,1H3,(H,24,29)(H,25,28)(H,26,30). The van der Waals surface area contributed by atoms with Crippen LogP contribution in [0, 0.1) is 5.92 Å². The molecule has 0 aromatic heterocycles. The van der Waals surface area contributed by atoms with Crippen molar-refractivity contribution in [3.05, 3.63) is 60.2 Å². The van der Waals surface area contributed by atoms with Crippen molar-refractivity contribution in [2.24, 2.45) is 5.92 Å². The van der Waals surface area contributed by atoms with Crippen LogP contribution in [0.15, 0.2) is 54.6 Å². The van der Waals surface area contributed by atoms with Gasteiger partial charge < -0.3 is 16.0 Å². The molecule has 0 atom stereocenters. The number of anilines is 2. The molecule has 1 saturated heterocycles. The second-order valence-electron chi connectivity index (χ2n) is 7.63. The van der Waals surface area contributed by atoms with Crippen LogP contribution in [-0.4, -0.2) is 42.3 Å². The van der Waals surface area contributed by atoms with Gasteiger partial charge in [-0.3, -0.25) is 19.3 Å². The van der Waals surface area contributed by atoms with E-state index in [1.54, 1.807) is 24.3 Å². The quantitative estimate of drug-likeness (QED) is 0.641. The molecule has 3 rings (SSSR count). The molecule has 0 radical (unpaired) electrons. The third-order valence-corrected chi connectivity index (χ3v) is 5.18. The molecule has 7 nitrogen and oxygen atoms in total. The Hall–Kier alpha value is -3.19. The number of nitrogens with zero attached hydrogens (tertiary/aromatic N) is 1. The summed E-state index contributed by atoms with van der Waals surface area (Å²) >= 11 is 0. The molecule has 1 aliphatic heterocycles. The Morgan fingerprint density at radius 3 is 2.07 bits per heavy atom. The number of hydrogen-bond donors (Lipinski definition) is 3. The summed E-state index contributed by atoms with van der Waals surface area (Å²) in [4.78, 5) is 37.7. The predicted octanol–water partition coefficient (Wildman–Crippen LogP) is 2.61. The molecule has 2 aromatic rings. The predicted molar refractivity (Wildman–Crippen MR) is 117 cm³/mol. The average molecular weight is 409 g/mol. The van der Waals surface area contributed by atoms with E-state index < -0.39 is 11.8 Å². The summed E-state index contributed by atoms with van der Waals surface area (Å²) in [7, 11) is 0. The van der Waals surface area contributed by atoms with Crippen LogP contribution in [0.25, 0.3) is 0 Å². The average Bonchev–Trinajstić information content (AvgIpc) is 2.75. The van der Waals surface area contributed by atoms with Crippen molar-refractivity contribution in [3.63, 3.8) is 0 Å². The molecular weight excluding hydrogens is 380 g/mol. The Balaban J connectivity index is 1.37. The van der Waals surface area contributed by atoms with Crippen molar-refractivity contribution in [2.75, 3.05) is 30.3 Å². The minimum atomic E-state index is -0.691. The van der Waals surface area contributed by atoms with Crippen molar-refractivity contribution >= 4 is 29.1 Å². The van der Waals surface area contributed by atoms with E-state index in [0.717, 1.165) is 32.5 Å². The molecule has 0 bridgehead atoms. The first kappa shape index (κ1) is 21.5. The summed E-state index contributed by atoms with van der Waals surface area (Å²) in [5.74, 6) is -1.11. The second kappa shape index (κ2) is 10.5. The Morgan fingerprint density at radius 1 is 0.867 bits per heavy atom. The van der Waals surface area contributed by atoms with Crippen LogP contribution in [-0.2, 0) is 20.9 Å². The van der Waals surface area contributed by atoms with E-state index >= 15 is 0 Å². The third-order valence-electron chi connectivity index (χ3n) is 5.18. The van der Waals surface area contributed by atoms with Crippen LogP contribution in [0.3, 0.4) is 0 Å². The lowest BCUT2D eigenvalue weighted by molar-refractivity contribution is -0.136. The lowest BCUT2D eigenvalue weighted by atomic mass is 9.96. The minimum Gasteiger partial charge on any atom is -0.348 e. The number of likely N-dealkylation sites (tertiary alicyclic amines) is 1. The molecule has 1 heterocycles. The van der Waals surface area contributed by atoms with Crippen LogP contribution >= 0.6 is 0 Å². The first-order chi connectivity index (χ1) is 14.5. The van der Waals surface area contributed by atoms with Crippen molar-refractivity contribution in [1.82, 2.24) is 10.2 Å². The van der Waals surface area contributed by atoms with Crippen LogP contribution in [0.4, 0.5) is 11.4 Å². The maximum atomic E-state index is 12.1. The van der Waals surface area contributed by atoms with Gasteiger partial charge in [0.05, 0.1) is 0 Å². The van der Waals surface area contributed by atoms with Gasteiger partial charge in [-0.05, 0) is 61.7 Å². The number of piperidine rings is 1. The summed E-state index contributed by atoms with van der Waals surface area (Å²) < 4.78 is 0. The number of benzene rings is 2. The van der Waals surface area contributed by atoms with E-state index in [0.29, 0.717) is 23.8 Å². The highest BCUT2D eigenvalue weighted by Crippen LogP contribution is 2.18. The molecular formula is C23H28N4O3. The zero-order valence-corrected chi connectivity index (χ0v) is 17.2. The number of nitrogens with one attached hydrogen (secondary N) is 3. The van der Waals surface area contributed by atoms with Crippen molar-refractivity contribution in [2.45, 2.75) is 26.3 Å². The van der Waals surface area contributed by atoms with Crippen LogP contribution in [0.2, 0.25) is 0 Å². The van der Waals surface area contributed by atoms with E-state index in [4.69, 9.17) is 0 Å². The lowest BCUT2D eigenvalue weighted by Crippen LogP contribution is -2.41. The monoisotopic (exact) mass is 408 g/mol. The molecule has 0 saturated carbocycles. The van der Waals surface area contributed by atoms with Gasteiger partial charge in [0.25, 0.3) is 0 Å². The fourth-order valence-electron chi connectivity index (χ4n) is 3.54. The van der Waals surface area contributed by atoms with Gasteiger partial charge in [0.15, 0.2) is 0 Å². The van der Waals surface area contributed by atoms with Gasteiger partial charge in [0.2, 0.25) is 5.91 Å². The van der Waals surface area contributed by atoms with Gasteiger partial charge in [0, 0.05) is 31.4 Å². The molecule has 0 aliphatic carbocycles. The van der Waals surface area contributed by atoms with Gasteiger partial charge in [-0.25, -0.2) is 0 Å². The highest BCUT2D eigenvalue weighted by Gasteiger charge is 2.21. The number of rotatable bonds is 6.